The van der Waals surface area contributed by atoms with Crippen molar-refractivity contribution in [2.75, 3.05) is 31.2 Å². The van der Waals surface area contributed by atoms with Gasteiger partial charge in [0.15, 0.2) is 0 Å². The van der Waals surface area contributed by atoms with Crippen LogP contribution in [0.1, 0.15) is 18.9 Å². The van der Waals surface area contributed by atoms with Crippen LogP contribution in [0, 0.1) is 6.92 Å². The summed E-state index contributed by atoms with van der Waals surface area (Å²) in [7, 11) is 1.83. The first-order valence-electron chi connectivity index (χ1n) is 6.47. The van der Waals surface area contributed by atoms with Crippen LogP contribution in [0.15, 0.2) is 18.2 Å². The van der Waals surface area contributed by atoms with E-state index in [4.69, 9.17) is 10.8 Å². The summed E-state index contributed by atoms with van der Waals surface area (Å²) < 4.78 is 0. The van der Waals surface area contributed by atoms with Crippen molar-refractivity contribution in [1.29, 1.82) is 0 Å². The van der Waals surface area contributed by atoms with Crippen molar-refractivity contribution in [2.45, 2.75) is 26.3 Å². The summed E-state index contributed by atoms with van der Waals surface area (Å²) >= 11 is 0. The first-order valence-corrected chi connectivity index (χ1v) is 6.47. The molecule has 0 fully saturated rings. The van der Waals surface area contributed by atoms with E-state index in [1.54, 1.807) is 6.07 Å². The Morgan fingerprint density at radius 3 is 2.74 bits per heavy atom. The van der Waals surface area contributed by atoms with Crippen molar-refractivity contribution < 1.29 is 9.90 Å². The third-order valence-electron chi connectivity index (χ3n) is 3.22. The van der Waals surface area contributed by atoms with E-state index in [0.717, 1.165) is 5.56 Å². The smallest absolute Gasteiger partial charge is 0.241 e. The normalized spacial score (nSPS) is 12.5. The monoisotopic (exact) mass is 265 g/mol. The topological polar surface area (TPSA) is 78.6 Å². The number of rotatable bonds is 6. The lowest BCUT2D eigenvalue weighted by molar-refractivity contribution is -0.121. The van der Waals surface area contributed by atoms with E-state index >= 15 is 0 Å². The average Bonchev–Trinajstić information content (AvgIpc) is 2.35. The van der Waals surface area contributed by atoms with Crippen molar-refractivity contribution in [3.05, 3.63) is 23.8 Å². The number of aryl methyl sites for hydroxylation is 1. The van der Waals surface area contributed by atoms with Crippen LogP contribution in [-0.4, -0.2) is 42.2 Å². The highest BCUT2D eigenvalue weighted by Crippen LogP contribution is 2.17. The Morgan fingerprint density at radius 1 is 1.53 bits per heavy atom. The SMILES string of the molecule is CCC(C(=O)Nc1ccc(C)c(N)c1)N(C)CCO. The number of amides is 1. The molecular weight excluding hydrogens is 242 g/mol. The van der Waals surface area contributed by atoms with Crippen LogP contribution in [0.3, 0.4) is 0 Å². The zero-order valence-electron chi connectivity index (χ0n) is 11.8. The molecule has 1 rings (SSSR count). The Hall–Kier alpha value is -1.59. The van der Waals surface area contributed by atoms with Crippen LogP contribution in [0.25, 0.3) is 0 Å². The Bertz CT molecular complexity index is 435. The second-order valence-electron chi connectivity index (χ2n) is 4.69. The number of hydrogen-bond acceptors (Lipinski definition) is 4. The van der Waals surface area contributed by atoms with E-state index in [2.05, 4.69) is 5.32 Å². The van der Waals surface area contributed by atoms with Crippen LogP contribution in [0.5, 0.6) is 0 Å². The lowest BCUT2D eigenvalue weighted by Crippen LogP contribution is -2.42. The van der Waals surface area contributed by atoms with Gasteiger partial charge in [0.25, 0.3) is 0 Å². The standard InChI is InChI=1S/C14H23N3O2/c1-4-13(17(3)7-8-18)14(19)16-11-6-5-10(2)12(15)9-11/h5-6,9,13,18H,4,7-8,15H2,1-3H3,(H,16,19). The van der Waals surface area contributed by atoms with E-state index in [0.29, 0.717) is 24.3 Å². The predicted octanol–water partition coefficient (Wildman–Crippen LogP) is 1.22. The largest absolute Gasteiger partial charge is 0.398 e. The van der Waals surface area contributed by atoms with Gasteiger partial charge in [-0.1, -0.05) is 13.0 Å². The molecular formula is C14H23N3O2. The molecule has 0 spiro atoms. The highest BCUT2D eigenvalue weighted by molar-refractivity contribution is 5.95. The molecule has 0 saturated carbocycles. The third kappa shape index (κ3) is 4.22. The summed E-state index contributed by atoms with van der Waals surface area (Å²) in [6.45, 7) is 4.38. The molecule has 1 atom stereocenters. The molecule has 0 aromatic heterocycles. The first-order chi connectivity index (χ1) is 8.99. The molecule has 0 aliphatic carbocycles. The van der Waals surface area contributed by atoms with Gasteiger partial charge < -0.3 is 16.2 Å². The number of aliphatic hydroxyl groups is 1. The van der Waals surface area contributed by atoms with Crippen molar-refractivity contribution in [3.63, 3.8) is 0 Å². The van der Waals surface area contributed by atoms with Gasteiger partial charge in [0.2, 0.25) is 5.91 Å². The van der Waals surface area contributed by atoms with Gasteiger partial charge in [-0.25, -0.2) is 0 Å². The van der Waals surface area contributed by atoms with Crippen molar-refractivity contribution in [1.82, 2.24) is 4.90 Å². The summed E-state index contributed by atoms with van der Waals surface area (Å²) in [4.78, 5) is 14.0. The minimum atomic E-state index is -0.255. The van der Waals surface area contributed by atoms with E-state index in [1.165, 1.54) is 0 Å². The van der Waals surface area contributed by atoms with Crippen molar-refractivity contribution in [2.24, 2.45) is 0 Å². The van der Waals surface area contributed by atoms with Gasteiger partial charge in [-0.15, -0.1) is 0 Å². The van der Waals surface area contributed by atoms with E-state index < -0.39 is 0 Å². The maximum absolute atomic E-state index is 12.2. The van der Waals surface area contributed by atoms with Crippen molar-refractivity contribution in [3.8, 4) is 0 Å². The van der Waals surface area contributed by atoms with Crippen LogP contribution in [0.2, 0.25) is 0 Å². The number of carbonyl (C=O) groups excluding carboxylic acids is 1. The van der Waals surface area contributed by atoms with Crippen molar-refractivity contribution >= 4 is 17.3 Å². The van der Waals surface area contributed by atoms with Gasteiger partial charge in [0.1, 0.15) is 0 Å². The van der Waals surface area contributed by atoms with E-state index in [9.17, 15) is 4.79 Å². The summed E-state index contributed by atoms with van der Waals surface area (Å²) in [5.74, 6) is -0.0818. The molecule has 1 aromatic rings. The van der Waals surface area contributed by atoms with Gasteiger partial charge in [-0.2, -0.15) is 0 Å². The summed E-state index contributed by atoms with van der Waals surface area (Å²) in [5.41, 5.74) is 8.17. The minimum absolute atomic E-state index is 0.0394. The van der Waals surface area contributed by atoms with Gasteiger partial charge in [-0.3, -0.25) is 9.69 Å². The number of anilines is 2. The fourth-order valence-corrected chi connectivity index (χ4v) is 1.95. The Morgan fingerprint density at radius 2 is 2.21 bits per heavy atom. The van der Waals surface area contributed by atoms with Crippen LogP contribution < -0.4 is 11.1 Å². The summed E-state index contributed by atoms with van der Waals surface area (Å²) in [6.07, 6.45) is 0.684. The molecule has 0 aliphatic heterocycles. The highest BCUT2D eigenvalue weighted by Gasteiger charge is 2.20. The fraction of sp³-hybridized carbons (Fsp3) is 0.500. The molecule has 0 heterocycles. The zero-order valence-corrected chi connectivity index (χ0v) is 11.8. The van der Waals surface area contributed by atoms with Gasteiger partial charge in [0, 0.05) is 17.9 Å². The van der Waals surface area contributed by atoms with E-state index in [1.807, 2.05) is 37.9 Å². The van der Waals surface area contributed by atoms with E-state index in [-0.39, 0.29) is 18.6 Å². The van der Waals surface area contributed by atoms with Gasteiger partial charge in [0.05, 0.1) is 12.6 Å². The molecule has 0 saturated heterocycles. The number of hydrogen-bond donors (Lipinski definition) is 3. The predicted molar refractivity (Wildman–Crippen MR) is 78.0 cm³/mol. The molecule has 1 amide bonds. The van der Waals surface area contributed by atoms with Gasteiger partial charge in [-0.05, 0) is 38.1 Å². The number of likely N-dealkylation sites (N-methyl/N-ethyl adjacent to an activating group) is 1. The van der Waals surface area contributed by atoms with Gasteiger partial charge >= 0.3 is 0 Å². The lowest BCUT2D eigenvalue weighted by atomic mass is 10.1. The number of nitrogen functional groups attached to an aromatic ring is 1. The molecule has 0 bridgehead atoms. The second-order valence-corrected chi connectivity index (χ2v) is 4.69. The Balaban J connectivity index is 2.73. The van der Waals surface area contributed by atoms with Crippen LogP contribution in [-0.2, 0) is 4.79 Å². The molecule has 0 aliphatic rings. The Kier molecular flexibility index (Phi) is 5.79. The first kappa shape index (κ1) is 15.5. The molecule has 19 heavy (non-hydrogen) atoms. The number of nitrogens with two attached hydrogens (primary N) is 1. The molecule has 106 valence electrons. The summed E-state index contributed by atoms with van der Waals surface area (Å²) in [6, 6.07) is 5.22. The average molecular weight is 265 g/mol. The number of benzene rings is 1. The summed E-state index contributed by atoms with van der Waals surface area (Å²) in [5, 5.41) is 11.8. The molecule has 1 aromatic carbocycles. The quantitative estimate of drug-likeness (QED) is 0.676. The highest BCUT2D eigenvalue weighted by atomic mass is 16.3. The fourth-order valence-electron chi connectivity index (χ4n) is 1.95. The maximum atomic E-state index is 12.2. The molecule has 0 radical (unpaired) electrons. The molecule has 1 unspecified atom stereocenters. The molecule has 5 nitrogen and oxygen atoms in total. The van der Waals surface area contributed by atoms with Crippen LogP contribution in [0.4, 0.5) is 11.4 Å². The third-order valence-corrected chi connectivity index (χ3v) is 3.22. The lowest BCUT2D eigenvalue weighted by Gasteiger charge is -2.25. The van der Waals surface area contributed by atoms with Crippen LogP contribution >= 0.6 is 0 Å². The Labute approximate surface area is 114 Å². The molecule has 4 N–H and O–H groups in total. The maximum Gasteiger partial charge on any atom is 0.241 e. The second kappa shape index (κ2) is 7.11. The minimum Gasteiger partial charge on any atom is -0.398 e. The number of aliphatic hydroxyl groups excluding tert-OH is 1. The number of nitrogens with one attached hydrogen (secondary N) is 1. The zero-order chi connectivity index (χ0) is 14.4. The number of nitrogens with zero attached hydrogens (tertiary/aromatic N) is 1. The number of carbonyl (C=O) groups is 1. The molecule has 5 heteroatoms.